The Morgan fingerprint density at radius 2 is 1.43 bits per heavy atom. The Hall–Kier alpha value is -1.76. The number of unbranched alkanes of at least 4 members (excludes halogenated alkanes) is 5. The minimum Gasteiger partial charge on any atom is -0.356 e. The van der Waals surface area contributed by atoms with E-state index >= 15 is 0 Å². The molecule has 0 aromatic heterocycles. The Balaban J connectivity index is 1.81. The Morgan fingerprint density at radius 1 is 0.696 bits per heavy atom. The van der Waals surface area contributed by atoms with Crippen molar-refractivity contribution in [2.75, 3.05) is 5.32 Å². The topological polar surface area (TPSA) is 12.0 Å². The van der Waals surface area contributed by atoms with Crippen LogP contribution < -0.4 is 5.32 Å². The van der Waals surface area contributed by atoms with Crippen molar-refractivity contribution in [1.82, 2.24) is 0 Å². The maximum Gasteiger partial charge on any atom is 0.0386 e. The second-order valence-electron chi connectivity index (χ2n) is 6.39. The van der Waals surface area contributed by atoms with Gasteiger partial charge in [-0.3, -0.25) is 0 Å². The van der Waals surface area contributed by atoms with Gasteiger partial charge in [0, 0.05) is 11.4 Å². The van der Waals surface area contributed by atoms with Crippen molar-refractivity contribution in [3.05, 3.63) is 59.7 Å². The van der Waals surface area contributed by atoms with Gasteiger partial charge >= 0.3 is 0 Å². The average Bonchev–Trinajstić information content (AvgIpc) is 2.59. The zero-order valence-corrected chi connectivity index (χ0v) is 14.8. The first-order chi connectivity index (χ1) is 11.3. The standard InChI is InChI=1S/C22H31N/c1-3-5-6-7-8-9-11-20-12-10-13-22(18-20)23-21-16-14-19(4-2)15-17-21/h10,12-18,23H,3-9,11H2,1-2H3. The zero-order chi connectivity index (χ0) is 16.3. The van der Waals surface area contributed by atoms with Crippen LogP contribution in [0.3, 0.4) is 0 Å². The molecule has 1 N–H and O–H groups in total. The van der Waals surface area contributed by atoms with Crippen LogP contribution in [-0.2, 0) is 12.8 Å². The number of hydrogen-bond acceptors (Lipinski definition) is 1. The van der Waals surface area contributed by atoms with Crippen molar-refractivity contribution in [3.8, 4) is 0 Å². The van der Waals surface area contributed by atoms with Crippen LogP contribution >= 0.6 is 0 Å². The molecule has 23 heavy (non-hydrogen) atoms. The first-order valence-corrected chi connectivity index (χ1v) is 9.26. The molecule has 2 rings (SSSR count). The highest BCUT2D eigenvalue weighted by atomic mass is 14.9. The van der Waals surface area contributed by atoms with Gasteiger partial charge < -0.3 is 5.32 Å². The van der Waals surface area contributed by atoms with Gasteiger partial charge in [0.05, 0.1) is 0 Å². The Labute approximate surface area is 142 Å². The molecule has 124 valence electrons. The van der Waals surface area contributed by atoms with Crippen molar-refractivity contribution in [1.29, 1.82) is 0 Å². The molecule has 0 bridgehead atoms. The second kappa shape index (κ2) is 10.1. The highest BCUT2D eigenvalue weighted by molar-refractivity contribution is 5.60. The first kappa shape index (κ1) is 17.6. The summed E-state index contributed by atoms with van der Waals surface area (Å²) >= 11 is 0. The second-order valence-corrected chi connectivity index (χ2v) is 6.39. The van der Waals surface area contributed by atoms with Crippen molar-refractivity contribution < 1.29 is 0 Å². The summed E-state index contributed by atoms with van der Waals surface area (Å²) in [5, 5.41) is 3.51. The highest BCUT2D eigenvalue weighted by Crippen LogP contribution is 2.20. The van der Waals surface area contributed by atoms with Gasteiger partial charge in [0.25, 0.3) is 0 Å². The lowest BCUT2D eigenvalue weighted by molar-refractivity contribution is 0.607. The molecule has 0 amide bonds. The predicted octanol–water partition coefficient (Wildman–Crippen LogP) is 6.90. The molecule has 1 nitrogen and oxygen atoms in total. The van der Waals surface area contributed by atoms with Gasteiger partial charge in [-0.1, -0.05) is 70.2 Å². The van der Waals surface area contributed by atoms with E-state index in [-0.39, 0.29) is 0 Å². The Bertz CT molecular complexity index is 556. The number of anilines is 2. The van der Waals surface area contributed by atoms with Gasteiger partial charge in [-0.2, -0.15) is 0 Å². The lowest BCUT2D eigenvalue weighted by Gasteiger charge is -2.09. The molecule has 0 spiro atoms. The van der Waals surface area contributed by atoms with E-state index < -0.39 is 0 Å². The first-order valence-electron chi connectivity index (χ1n) is 9.26. The van der Waals surface area contributed by atoms with E-state index in [0.717, 1.165) is 6.42 Å². The van der Waals surface area contributed by atoms with E-state index in [1.54, 1.807) is 0 Å². The lowest BCUT2D eigenvalue weighted by atomic mass is 10.0. The fraction of sp³-hybridized carbons (Fsp3) is 0.455. The molecule has 0 fully saturated rings. The molecule has 0 aliphatic carbocycles. The number of nitrogens with one attached hydrogen (secondary N) is 1. The summed E-state index contributed by atoms with van der Waals surface area (Å²) in [4.78, 5) is 0. The van der Waals surface area contributed by atoms with Crippen LogP contribution in [0.2, 0.25) is 0 Å². The molecule has 0 heterocycles. The quantitative estimate of drug-likeness (QED) is 0.471. The molecule has 0 unspecified atom stereocenters. The third-order valence-electron chi connectivity index (χ3n) is 4.40. The van der Waals surface area contributed by atoms with Crippen LogP contribution in [0.4, 0.5) is 11.4 Å². The summed E-state index contributed by atoms with van der Waals surface area (Å²) in [5.41, 5.74) is 5.18. The van der Waals surface area contributed by atoms with Crippen molar-refractivity contribution >= 4 is 11.4 Å². The Kier molecular flexibility index (Phi) is 7.72. The van der Waals surface area contributed by atoms with E-state index in [9.17, 15) is 0 Å². The normalized spacial score (nSPS) is 10.7. The van der Waals surface area contributed by atoms with Gasteiger partial charge in [-0.25, -0.2) is 0 Å². The van der Waals surface area contributed by atoms with Gasteiger partial charge in [0.2, 0.25) is 0 Å². The zero-order valence-electron chi connectivity index (χ0n) is 14.8. The summed E-state index contributed by atoms with van der Waals surface area (Å²) < 4.78 is 0. The van der Waals surface area contributed by atoms with Crippen LogP contribution in [0.1, 0.15) is 63.5 Å². The molecule has 0 saturated carbocycles. The van der Waals surface area contributed by atoms with E-state index in [2.05, 4.69) is 67.7 Å². The minimum absolute atomic E-state index is 1.09. The molecule has 0 aliphatic heterocycles. The van der Waals surface area contributed by atoms with Gasteiger partial charge in [0.1, 0.15) is 0 Å². The maximum atomic E-state index is 3.51. The van der Waals surface area contributed by atoms with E-state index in [1.165, 1.54) is 67.4 Å². The summed E-state index contributed by atoms with van der Waals surface area (Å²) in [6.07, 6.45) is 10.4. The molecule has 0 saturated heterocycles. The fourth-order valence-electron chi connectivity index (χ4n) is 2.90. The minimum atomic E-state index is 1.09. The lowest BCUT2D eigenvalue weighted by Crippen LogP contribution is -1.93. The molecule has 0 radical (unpaired) electrons. The SMILES string of the molecule is CCCCCCCCc1cccc(Nc2ccc(CC)cc2)c1. The Morgan fingerprint density at radius 3 is 2.17 bits per heavy atom. The molecular weight excluding hydrogens is 278 g/mol. The van der Waals surface area contributed by atoms with Crippen LogP contribution in [0.15, 0.2) is 48.5 Å². The van der Waals surface area contributed by atoms with Crippen LogP contribution in [-0.4, -0.2) is 0 Å². The van der Waals surface area contributed by atoms with Crippen molar-refractivity contribution in [3.63, 3.8) is 0 Å². The van der Waals surface area contributed by atoms with Gasteiger partial charge in [-0.05, 0) is 54.7 Å². The molecule has 0 atom stereocenters. The number of aryl methyl sites for hydroxylation is 2. The smallest absolute Gasteiger partial charge is 0.0386 e. The van der Waals surface area contributed by atoms with E-state index in [4.69, 9.17) is 0 Å². The third kappa shape index (κ3) is 6.48. The fourth-order valence-corrected chi connectivity index (χ4v) is 2.90. The van der Waals surface area contributed by atoms with Crippen molar-refractivity contribution in [2.45, 2.75) is 65.2 Å². The molecule has 2 aromatic carbocycles. The predicted molar refractivity (Wildman–Crippen MR) is 103 cm³/mol. The van der Waals surface area contributed by atoms with Gasteiger partial charge in [0.15, 0.2) is 0 Å². The average molecular weight is 309 g/mol. The van der Waals surface area contributed by atoms with Crippen LogP contribution in [0.25, 0.3) is 0 Å². The van der Waals surface area contributed by atoms with Crippen molar-refractivity contribution in [2.24, 2.45) is 0 Å². The summed E-state index contributed by atoms with van der Waals surface area (Å²) in [6, 6.07) is 17.6. The van der Waals surface area contributed by atoms with Crippen LogP contribution in [0.5, 0.6) is 0 Å². The monoisotopic (exact) mass is 309 g/mol. The molecule has 2 aromatic rings. The summed E-state index contributed by atoms with van der Waals surface area (Å²) in [7, 11) is 0. The third-order valence-corrected chi connectivity index (χ3v) is 4.40. The molecule has 1 heteroatoms. The number of hydrogen-bond donors (Lipinski definition) is 1. The largest absolute Gasteiger partial charge is 0.356 e. The van der Waals surface area contributed by atoms with Crippen LogP contribution in [0, 0.1) is 0 Å². The number of benzene rings is 2. The van der Waals surface area contributed by atoms with Gasteiger partial charge in [-0.15, -0.1) is 0 Å². The molecule has 0 aliphatic rings. The van der Waals surface area contributed by atoms with E-state index in [1.807, 2.05) is 0 Å². The summed E-state index contributed by atoms with van der Waals surface area (Å²) in [5.74, 6) is 0. The van der Waals surface area contributed by atoms with E-state index in [0.29, 0.717) is 0 Å². The molecular formula is C22H31N. The highest BCUT2D eigenvalue weighted by Gasteiger charge is 1.99. The summed E-state index contributed by atoms with van der Waals surface area (Å²) in [6.45, 7) is 4.46. The maximum absolute atomic E-state index is 3.51. The number of rotatable bonds is 10.